The number of fused-ring (bicyclic) bond motifs is 5. The van der Waals surface area contributed by atoms with E-state index in [1.54, 1.807) is 0 Å². The van der Waals surface area contributed by atoms with Crippen LogP contribution < -0.4 is 9.56 Å². The van der Waals surface area contributed by atoms with Crippen molar-refractivity contribution in [2.45, 2.75) is 101 Å². The maximum atomic E-state index is 13.0. The number of carbonyl (C=O) groups excluding carboxylic acids is 1. The molecule has 0 radical (unpaired) electrons. The first-order valence-corrected chi connectivity index (χ1v) is 18.6. The van der Waals surface area contributed by atoms with E-state index in [0.29, 0.717) is 17.8 Å². The summed E-state index contributed by atoms with van der Waals surface area (Å²) in [6.45, 7) is 13.7. The van der Waals surface area contributed by atoms with Crippen molar-refractivity contribution >= 4 is 24.3 Å². The van der Waals surface area contributed by atoms with E-state index in [0.717, 1.165) is 44.3 Å². The molecule has 7 nitrogen and oxygen atoms in total. The molecule has 212 valence electrons. The molecule has 0 aliphatic heterocycles. The number of nitrogens with two attached hydrogens (primary N) is 1. The smallest absolute Gasteiger partial charge is 0.339 e. The minimum atomic E-state index is -3.91. The van der Waals surface area contributed by atoms with Gasteiger partial charge < -0.3 is 9.16 Å². The lowest BCUT2D eigenvalue weighted by Gasteiger charge is -2.50. The Hall–Kier alpha value is -2.23. The second-order valence-electron chi connectivity index (χ2n) is 13.6. The molecule has 0 saturated heterocycles. The average molecular weight is 571 g/mol. The van der Waals surface area contributed by atoms with Crippen LogP contribution in [0.1, 0.15) is 87.2 Å². The predicted octanol–water partition coefficient (Wildman–Crippen LogP) is 6.19. The number of rotatable bonds is 5. The maximum Gasteiger partial charge on any atom is 0.339 e. The second-order valence-corrected chi connectivity index (χ2v) is 19.8. The normalized spacial score (nSPS) is 28.7. The molecule has 0 amide bonds. The SMILES string of the molecule is CC(C)(C)[Si](C)(C)Oc1ccc2c(c1)CCC1C2CC[C@@]2(C)C1CC[C@@H]2OC(=O)c1ccc(S(N)(=O)=O)nc1. The zero-order valence-corrected chi connectivity index (χ0v) is 25.8. The average Bonchev–Trinajstić information content (AvgIpc) is 3.18. The van der Waals surface area contributed by atoms with Crippen LogP contribution in [0.15, 0.2) is 41.6 Å². The Kier molecular flexibility index (Phi) is 7.04. The fourth-order valence-corrected chi connectivity index (χ4v) is 8.56. The van der Waals surface area contributed by atoms with Crippen LogP contribution in [0.25, 0.3) is 0 Å². The number of esters is 1. The summed E-state index contributed by atoms with van der Waals surface area (Å²) in [5.41, 5.74) is 3.10. The number of sulfonamides is 1. The summed E-state index contributed by atoms with van der Waals surface area (Å²) in [5, 5.41) is 5.02. The minimum Gasteiger partial charge on any atom is -0.543 e. The second kappa shape index (κ2) is 9.70. The van der Waals surface area contributed by atoms with E-state index >= 15 is 0 Å². The number of carbonyl (C=O) groups is 1. The van der Waals surface area contributed by atoms with Gasteiger partial charge in [0.25, 0.3) is 10.0 Å². The lowest BCUT2D eigenvalue weighted by atomic mass is 9.55. The van der Waals surface area contributed by atoms with E-state index in [2.05, 4.69) is 64.0 Å². The van der Waals surface area contributed by atoms with Crippen molar-refractivity contribution in [2.24, 2.45) is 22.4 Å². The van der Waals surface area contributed by atoms with Crippen LogP contribution in [0, 0.1) is 17.3 Å². The molecule has 0 bridgehead atoms. The van der Waals surface area contributed by atoms with Crippen LogP contribution in [0.5, 0.6) is 5.75 Å². The summed E-state index contributed by atoms with van der Waals surface area (Å²) in [4.78, 5) is 16.8. The third-order valence-corrected chi connectivity index (χ3v) is 15.5. The van der Waals surface area contributed by atoms with Gasteiger partial charge in [0, 0.05) is 11.6 Å². The van der Waals surface area contributed by atoms with E-state index in [1.165, 1.54) is 29.5 Å². The van der Waals surface area contributed by atoms with Gasteiger partial charge in [-0.3, -0.25) is 0 Å². The van der Waals surface area contributed by atoms with Crippen molar-refractivity contribution in [2.75, 3.05) is 0 Å². The molecule has 2 saturated carbocycles. The summed E-state index contributed by atoms with van der Waals surface area (Å²) < 4.78 is 35.6. The number of hydrogen-bond acceptors (Lipinski definition) is 6. The van der Waals surface area contributed by atoms with Gasteiger partial charge in [-0.25, -0.2) is 23.3 Å². The fraction of sp³-hybridized carbons (Fsp3) is 0.600. The molecule has 1 aromatic heterocycles. The van der Waals surface area contributed by atoms with Crippen LogP contribution in [-0.4, -0.2) is 33.8 Å². The van der Waals surface area contributed by atoms with Gasteiger partial charge in [0.05, 0.1) is 5.56 Å². The monoisotopic (exact) mass is 570 g/mol. The Bertz CT molecular complexity index is 1370. The van der Waals surface area contributed by atoms with Gasteiger partial charge in [-0.2, -0.15) is 0 Å². The Balaban J connectivity index is 1.29. The van der Waals surface area contributed by atoms with Gasteiger partial charge in [0.1, 0.15) is 11.9 Å². The van der Waals surface area contributed by atoms with Crippen molar-refractivity contribution < 1.29 is 22.4 Å². The first-order chi connectivity index (χ1) is 18.1. The van der Waals surface area contributed by atoms with Crippen LogP contribution in [-0.2, 0) is 21.2 Å². The maximum absolute atomic E-state index is 13.0. The number of benzene rings is 1. The quantitative estimate of drug-likeness (QED) is 0.339. The Morgan fingerprint density at radius 1 is 1.10 bits per heavy atom. The largest absolute Gasteiger partial charge is 0.543 e. The number of aryl methyl sites for hydroxylation is 1. The van der Waals surface area contributed by atoms with E-state index in [-0.39, 0.29) is 27.1 Å². The first-order valence-electron chi connectivity index (χ1n) is 14.1. The molecule has 3 aliphatic rings. The van der Waals surface area contributed by atoms with Crippen LogP contribution in [0.4, 0.5) is 0 Å². The highest BCUT2D eigenvalue weighted by Gasteiger charge is 2.56. The van der Waals surface area contributed by atoms with E-state index in [9.17, 15) is 13.2 Å². The van der Waals surface area contributed by atoms with Crippen molar-refractivity contribution in [1.29, 1.82) is 0 Å². The van der Waals surface area contributed by atoms with Crippen LogP contribution in [0.2, 0.25) is 18.1 Å². The zero-order chi connectivity index (χ0) is 28.4. The van der Waals surface area contributed by atoms with Gasteiger partial charge in [0.15, 0.2) is 5.03 Å². The van der Waals surface area contributed by atoms with E-state index < -0.39 is 24.3 Å². The molecule has 1 aromatic carbocycles. The lowest BCUT2D eigenvalue weighted by Crippen LogP contribution is -2.45. The molecule has 39 heavy (non-hydrogen) atoms. The van der Waals surface area contributed by atoms with Gasteiger partial charge in [-0.15, -0.1) is 0 Å². The number of nitrogens with zero attached hydrogens (tertiary/aromatic N) is 1. The summed E-state index contributed by atoms with van der Waals surface area (Å²) in [6.07, 6.45) is 7.30. The Morgan fingerprint density at radius 2 is 1.85 bits per heavy atom. The predicted molar refractivity (Wildman–Crippen MR) is 154 cm³/mol. The third kappa shape index (κ3) is 5.18. The third-order valence-electron chi connectivity index (χ3n) is 10.3. The van der Waals surface area contributed by atoms with Gasteiger partial charge >= 0.3 is 5.97 Å². The highest BCUT2D eigenvalue weighted by molar-refractivity contribution is 7.89. The van der Waals surface area contributed by atoms with Crippen LogP contribution in [0.3, 0.4) is 0 Å². The van der Waals surface area contributed by atoms with Gasteiger partial charge in [-0.05, 0) is 110 Å². The summed E-state index contributed by atoms with van der Waals surface area (Å²) in [5.74, 6) is 2.19. The highest BCUT2D eigenvalue weighted by Crippen LogP contribution is 2.61. The van der Waals surface area contributed by atoms with Gasteiger partial charge in [-0.1, -0.05) is 33.8 Å². The first kappa shape index (κ1) is 28.3. The van der Waals surface area contributed by atoms with Gasteiger partial charge in [0.2, 0.25) is 8.32 Å². The molecular formula is C30H42N2O5SSi. The topological polar surface area (TPSA) is 109 Å². The van der Waals surface area contributed by atoms with Crippen molar-refractivity contribution in [3.63, 3.8) is 0 Å². The number of pyridine rings is 1. The Labute approximate surface area is 234 Å². The molecule has 5 atom stereocenters. The van der Waals surface area contributed by atoms with Crippen molar-refractivity contribution in [3.8, 4) is 5.75 Å². The molecule has 5 rings (SSSR count). The number of primary sulfonamides is 1. The minimum absolute atomic E-state index is 0.0618. The summed E-state index contributed by atoms with van der Waals surface area (Å²) in [6, 6.07) is 9.47. The standard InChI is InChI=1S/C30H42N2O5SSi/c1-29(2,3)39(5,6)37-21-9-11-22-19(17-21)7-10-24-23(22)15-16-30(4)25(24)12-13-26(30)36-28(33)20-8-14-27(32-18-20)38(31,34)35/h8-9,11,14,17-18,23-26H,7,10,12-13,15-16H2,1-6H3,(H2,31,34,35)/t23?,24?,25?,26-,30-/m0/s1. The molecule has 3 aliphatic carbocycles. The Morgan fingerprint density at radius 3 is 2.49 bits per heavy atom. The summed E-state index contributed by atoms with van der Waals surface area (Å²) in [7, 11) is -5.80. The highest BCUT2D eigenvalue weighted by atomic mass is 32.2. The zero-order valence-electron chi connectivity index (χ0n) is 24.0. The number of ether oxygens (including phenoxy) is 1. The van der Waals surface area contributed by atoms with Crippen molar-refractivity contribution in [1.82, 2.24) is 4.98 Å². The van der Waals surface area contributed by atoms with Crippen LogP contribution >= 0.6 is 0 Å². The molecule has 0 spiro atoms. The van der Waals surface area contributed by atoms with E-state index in [1.807, 2.05) is 0 Å². The summed E-state index contributed by atoms with van der Waals surface area (Å²) >= 11 is 0. The lowest BCUT2D eigenvalue weighted by molar-refractivity contribution is -0.0428. The molecule has 2 N–H and O–H groups in total. The number of aromatic nitrogens is 1. The molecule has 1 heterocycles. The molecule has 2 fully saturated rings. The molecule has 2 aromatic rings. The van der Waals surface area contributed by atoms with Crippen molar-refractivity contribution in [3.05, 3.63) is 53.2 Å². The van der Waals surface area contributed by atoms with E-state index in [4.69, 9.17) is 14.3 Å². The number of hydrogen-bond donors (Lipinski definition) is 1. The molecule has 9 heteroatoms. The molecule has 3 unspecified atom stereocenters. The molecular weight excluding hydrogens is 528 g/mol. The fourth-order valence-electron chi connectivity index (χ4n) is 7.08.